The van der Waals surface area contributed by atoms with E-state index in [4.69, 9.17) is 9.47 Å². The number of hydrogen-bond donors (Lipinski definition) is 1. The first kappa shape index (κ1) is 17.1. The Hall–Kier alpha value is -2.75. The van der Waals surface area contributed by atoms with Crippen LogP contribution in [-0.2, 0) is 17.6 Å². The molecule has 1 amide bonds. The predicted molar refractivity (Wildman–Crippen MR) is 99.3 cm³/mol. The van der Waals surface area contributed by atoms with Crippen molar-refractivity contribution in [2.45, 2.75) is 25.7 Å². The van der Waals surface area contributed by atoms with Gasteiger partial charge >= 0.3 is 0 Å². The van der Waals surface area contributed by atoms with E-state index in [1.165, 1.54) is 24.0 Å². The molecule has 0 fully saturated rings. The molecule has 1 N–H and O–H groups in total. The van der Waals surface area contributed by atoms with Crippen molar-refractivity contribution in [3.63, 3.8) is 0 Å². The van der Waals surface area contributed by atoms with Gasteiger partial charge in [-0.15, -0.1) is 0 Å². The third-order valence-corrected chi connectivity index (χ3v) is 4.18. The van der Waals surface area contributed by atoms with Gasteiger partial charge in [-0.25, -0.2) is 0 Å². The van der Waals surface area contributed by atoms with Crippen LogP contribution < -0.4 is 14.8 Å². The summed E-state index contributed by atoms with van der Waals surface area (Å²) in [7, 11) is 0. The summed E-state index contributed by atoms with van der Waals surface area (Å²) in [5.74, 6) is 1.24. The second kappa shape index (κ2) is 8.38. The fourth-order valence-electron chi connectivity index (χ4n) is 2.96. The van der Waals surface area contributed by atoms with Crippen molar-refractivity contribution in [3.05, 3.63) is 66.2 Å². The van der Waals surface area contributed by atoms with E-state index in [1.807, 2.05) is 24.3 Å². The Labute approximate surface area is 148 Å². The molecule has 0 spiro atoms. The first-order chi connectivity index (χ1) is 12.2. The van der Waals surface area contributed by atoms with E-state index < -0.39 is 0 Å². The van der Waals surface area contributed by atoms with Gasteiger partial charge in [-0.2, -0.15) is 0 Å². The number of aryl methyl sites for hydroxylation is 2. The lowest BCUT2D eigenvalue weighted by atomic mass is 9.92. The van der Waals surface area contributed by atoms with Gasteiger partial charge in [0.05, 0.1) is 0 Å². The zero-order chi connectivity index (χ0) is 17.5. The number of nitrogens with one attached hydrogen (secondary N) is 1. The van der Waals surface area contributed by atoms with Gasteiger partial charge in [-0.1, -0.05) is 24.8 Å². The highest BCUT2D eigenvalue weighted by Gasteiger charge is 2.11. The summed E-state index contributed by atoms with van der Waals surface area (Å²) in [6.45, 7) is 4.03. The normalized spacial score (nSPS) is 12.8. The minimum absolute atomic E-state index is 0.0173. The third kappa shape index (κ3) is 4.86. The summed E-state index contributed by atoms with van der Waals surface area (Å²) in [6, 6.07) is 13.4. The second-order valence-corrected chi connectivity index (χ2v) is 6.10. The SMILES string of the molecule is C=CCOc1cccc(NC(=O)COc2ccc3c(c2)CCCC3)c1. The maximum absolute atomic E-state index is 12.1. The Balaban J connectivity index is 1.53. The van der Waals surface area contributed by atoms with Gasteiger partial charge in [0.1, 0.15) is 18.1 Å². The molecule has 0 aromatic heterocycles. The number of benzene rings is 2. The van der Waals surface area contributed by atoms with Crippen molar-refractivity contribution in [2.75, 3.05) is 18.5 Å². The molecular weight excluding hydrogens is 314 g/mol. The molecule has 0 radical (unpaired) electrons. The van der Waals surface area contributed by atoms with E-state index in [0.29, 0.717) is 18.0 Å². The van der Waals surface area contributed by atoms with Gasteiger partial charge in [0.15, 0.2) is 6.61 Å². The van der Waals surface area contributed by atoms with E-state index in [0.717, 1.165) is 18.6 Å². The molecule has 4 heteroatoms. The summed E-state index contributed by atoms with van der Waals surface area (Å²) in [6.07, 6.45) is 6.39. The number of carbonyl (C=O) groups excluding carboxylic acids is 1. The van der Waals surface area contributed by atoms with Gasteiger partial charge < -0.3 is 14.8 Å². The van der Waals surface area contributed by atoms with Gasteiger partial charge in [-0.3, -0.25) is 4.79 Å². The van der Waals surface area contributed by atoms with Crippen LogP contribution in [0.4, 0.5) is 5.69 Å². The van der Waals surface area contributed by atoms with Gasteiger partial charge in [0, 0.05) is 11.8 Å². The van der Waals surface area contributed by atoms with Crippen molar-refractivity contribution in [3.8, 4) is 11.5 Å². The zero-order valence-electron chi connectivity index (χ0n) is 14.3. The number of fused-ring (bicyclic) bond motifs is 1. The minimum Gasteiger partial charge on any atom is -0.489 e. The van der Waals surface area contributed by atoms with Crippen LogP contribution in [0.25, 0.3) is 0 Å². The third-order valence-electron chi connectivity index (χ3n) is 4.18. The van der Waals surface area contributed by atoms with Crippen LogP contribution in [0, 0.1) is 0 Å². The standard InChI is InChI=1S/C21H23NO3/c1-2-12-24-19-9-5-8-18(14-19)22-21(23)15-25-20-11-10-16-6-3-4-7-17(16)13-20/h2,5,8-11,13-14H,1,3-4,6-7,12,15H2,(H,22,23). The molecule has 0 unspecified atom stereocenters. The fraction of sp³-hybridized carbons (Fsp3) is 0.286. The summed E-state index contributed by atoms with van der Waals surface area (Å²) in [4.78, 5) is 12.1. The first-order valence-electron chi connectivity index (χ1n) is 8.63. The largest absolute Gasteiger partial charge is 0.489 e. The molecule has 2 aromatic carbocycles. The molecule has 2 aromatic rings. The number of hydrogen-bond acceptors (Lipinski definition) is 3. The van der Waals surface area contributed by atoms with Gasteiger partial charge in [0.25, 0.3) is 5.91 Å². The maximum atomic E-state index is 12.1. The molecule has 0 heterocycles. The molecule has 0 atom stereocenters. The Morgan fingerprint density at radius 1 is 1.04 bits per heavy atom. The van der Waals surface area contributed by atoms with Gasteiger partial charge in [-0.05, 0) is 61.1 Å². The molecule has 3 rings (SSSR count). The van der Waals surface area contributed by atoms with Crippen molar-refractivity contribution in [1.82, 2.24) is 0 Å². The number of anilines is 1. The quantitative estimate of drug-likeness (QED) is 0.772. The van der Waals surface area contributed by atoms with Crippen LogP contribution in [-0.4, -0.2) is 19.1 Å². The predicted octanol–water partition coefficient (Wildman–Crippen LogP) is 4.15. The highest BCUT2D eigenvalue weighted by Crippen LogP contribution is 2.25. The van der Waals surface area contributed by atoms with Crippen LogP contribution in [0.15, 0.2) is 55.1 Å². The van der Waals surface area contributed by atoms with Crippen LogP contribution in [0.3, 0.4) is 0 Å². The Morgan fingerprint density at radius 3 is 2.68 bits per heavy atom. The molecule has 130 valence electrons. The van der Waals surface area contributed by atoms with Crippen LogP contribution in [0.5, 0.6) is 11.5 Å². The lowest BCUT2D eigenvalue weighted by molar-refractivity contribution is -0.118. The van der Waals surface area contributed by atoms with Crippen molar-refractivity contribution in [2.24, 2.45) is 0 Å². The summed E-state index contributed by atoms with van der Waals surface area (Å²) < 4.78 is 11.1. The van der Waals surface area contributed by atoms with E-state index >= 15 is 0 Å². The zero-order valence-corrected chi connectivity index (χ0v) is 14.3. The summed E-state index contributed by atoms with van der Waals surface area (Å²) >= 11 is 0. The minimum atomic E-state index is -0.196. The molecule has 4 nitrogen and oxygen atoms in total. The lowest BCUT2D eigenvalue weighted by Crippen LogP contribution is -2.20. The van der Waals surface area contributed by atoms with E-state index in [2.05, 4.69) is 24.0 Å². The van der Waals surface area contributed by atoms with Crippen molar-refractivity contribution < 1.29 is 14.3 Å². The van der Waals surface area contributed by atoms with Crippen LogP contribution >= 0.6 is 0 Å². The highest BCUT2D eigenvalue weighted by atomic mass is 16.5. The first-order valence-corrected chi connectivity index (χ1v) is 8.63. The molecule has 1 aliphatic carbocycles. The molecule has 0 aliphatic heterocycles. The number of rotatable bonds is 7. The highest BCUT2D eigenvalue weighted by molar-refractivity contribution is 5.92. The van der Waals surface area contributed by atoms with Crippen LogP contribution in [0.1, 0.15) is 24.0 Å². The van der Waals surface area contributed by atoms with E-state index in [1.54, 1.807) is 12.1 Å². The average molecular weight is 337 g/mol. The number of carbonyl (C=O) groups is 1. The molecular formula is C21H23NO3. The fourth-order valence-corrected chi connectivity index (χ4v) is 2.96. The monoisotopic (exact) mass is 337 g/mol. The summed E-state index contributed by atoms with van der Waals surface area (Å²) in [5, 5.41) is 2.82. The molecule has 1 aliphatic rings. The number of ether oxygens (including phenoxy) is 2. The maximum Gasteiger partial charge on any atom is 0.262 e. The van der Waals surface area contributed by atoms with Crippen molar-refractivity contribution in [1.29, 1.82) is 0 Å². The van der Waals surface area contributed by atoms with Crippen molar-refractivity contribution >= 4 is 11.6 Å². The topological polar surface area (TPSA) is 47.6 Å². The Kier molecular flexibility index (Phi) is 5.73. The lowest BCUT2D eigenvalue weighted by Gasteiger charge is -2.16. The smallest absolute Gasteiger partial charge is 0.262 e. The Morgan fingerprint density at radius 2 is 1.84 bits per heavy atom. The molecule has 25 heavy (non-hydrogen) atoms. The van der Waals surface area contributed by atoms with Crippen LogP contribution in [0.2, 0.25) is 0 Å². The molecule has 0 saturated heterocycles. The molecule has 0 bridgehead atoms. The average Bonchev–Trinajstić information content (AvgIpc) is 2.65. The van der Waals surface area contributed by atoms with Gasteiger partial charge in [0.2, 0.25) is 0 Å². The number of amides is 1. The van der Waals surface area contributed by atoms with E-state index in [9.17, 15) is 4.79 Å². The van der Waals surface area contributed by atoms with E-state index in [-0.39, 0.29) is 12.5 Å². The molecule has 0 saturated carbocycles. The second-order valence-electron chi connectivity index (χ2n) is 6.10. The summed E-state index contributed by atoms with van der Waals surface area (Å²) in [5.41, 5.74) is 3.43. The Bertz CT molecular complexity index is 755.